The van der Waals surface area contributed by atoms with Crippen LogP contribution in [-0.2, 0) is 14.8 Å². The van der Waals surface area contributed by atoms with E-state index in [1.54, 1.807) is 38.1 Å². The van der Waals surface area contributed by atoms with Crippen molar-refractivity contribution in [2.45, 2.75) is 18.7 Å². The number of halogens is 1. The lowest BCUT2D eigenvalue weighted by Crippen LogP contribution is -2.18. The van der Waals surface area contributed by atoms with Gasteiger partial charge in [0.2, 0.25) is 0 Å². The van der Waals surface area contributed by atoms with Crippen molar-refractivity contribution in [2.24, 2.45) is 0 Å². The van der Waals surface area contributed by atoms with E-state index in [4.69, 9.17) is 4.74 Å². The van der Waals surface area contributed by atoms with Crippen LogP contribution in [0.2, 0.25) is 0 Å². The van der Waals surface area contributed by atoms with Gasteiger partial charge in [0, 0.05) is 5.39 Å². The number of carbonyl (C=O) groups is 1. The molecule has 136 valence electrons. The van der Waals surface area contributed by atoms with Gasteiger partial charge in [0.15, 0.2) is 0 Å². The molecule has 0 aliphatic heterocycles. The zero-order chi connectivity index (χ0) is 18.9. The Morgan fingerprint density at radius 1 is 1.31 bits per heavy atom. The Balaban J connectivity index is 2.22. The van der Waals surface area contributed by atoms with Gasteiger partial charge in [-0.2, -0.15) is 0 Å². The van der Waals surface area contributed by atoms with Crippen LogP contribution < -0.4 is 4.72 Å². The summed E-state index contributed by atoms with van der Waals surface area (Å²) in [5, 5.41) is 0.537. The third-order valence-corrected chi connectivity index (χ3v) is 6.50. The standard InChI is InChI=1S/C17H15BrN2O4S2/c1-3-24-17(21)14-10(2)19-16-12(9-13(18)25-16)15(14)20-26(22,23)11-7-5-4-6-8-11/h4-9H,3H2,1-2H3,(H,19,20). The van der Waals surface area contributed by atoms with E-state index in [1.165, 1.54) is 23.5 Å². The second kappa shape index (κ2) is 7.34. The smallest absolute Gasteiger partial charge is 0.342 e. The highest BCUT2D eigenvalue weighted by molar-refractivity contribution is 9.11. The number of carbonyl (C=O) groups excluding carboxylic acids is 1. The Hall–Kier alpha value is -1.97. The summed E-state index contributed by atoms with van der Waals surface area (Å²) in [6, 6.07) is 9.71. The summed E-state index contributed by atoms with van der Waals surface area (Å²) in [4.78, 5) is 17.6. The molecule has 3 rings (SSSR count). The number of nitrogens with zero attached hydrogens (tertiary/aromatic N) is 1. The van der Waals surface area contributed by atoms with Gasteiger partial charge in [-0.25, -0.2) is 18.2 Å². The molecule has 0 saturated carbocycles. The number of sulfonamides is 1. The van der Waals surface area contributed by atoms with Crippen LogP contribution in [-0.4, -0.2) is 26.0 Å². The maximum Gasteiger partial charge on any atom is 0.342 e. The predicted octanol–water partition coefficient (Wildman–Crippen LogP) is 4.34. The number of benzene rings is 1. The molecule has 9 heteroatoms. The molecular weight excluding hydrogens is 440 g/mol. The average molecular weight is 455 g/mol. The minimum atomic E-state index is -3.88. The van der Waals surface area contributed by atoms with E-state index < -0.39 is 16.0 Å². The first-order valence-corrected chi connectivity index (χ1v) is 10.8. The zero-order valence-electron chi connectivity index (χ0n) is 13.9. The Morgan fingerprint density at radius 3 is 2.65 bits per heavy atom. The summed E-state index contributed by atoms with van der Waals surface area (Å²) >= 11 is 4.74. The van der Waals surface area contributed by atoms with Crippen molar-refractivity contribution in [3.05, 3.63) is 51.4 Å². The van der Waals surface area contributed by atoms with Gasteiger partial charge in [-0.3, -0.25) is 4.72 Å². The fourth-order valence-electron chi connectivity index (χ4n) is 2.49. The largest absolute Gasteiger partial charge is 0.462 e. The van der Waals surface area contributed by atoms with Crippen LogP contribution in [0, 0.1) is 6.92 Å². The fourth-order valence-corrected chi connectivity index (χ4v) is 5.11. The Kier molecular flexibility index (Phi) is 5.31. The number of fused-ring (bicyclic) bond motifs is 1. The molecule has 0 unspecified atom stereocenters. The first kappa shape index (κ1) is 18.8. The molecule has 0 saturated heterocycles. The maximum atomic E-state index is 12.8. The molecule has 2 heterocycles. The van der Waals surface area contributed by atoms with E-state index in [9.17, 15) is 13.2 Å². The second-order valence-electron chi connectivity index (χ2n) is 5.36. The molecule has 0 spiro atoms. The molecule has 0 radical (unpaired) electrons. The van der Waals surface area contributed by atoms with Gasteiger partial charge in [0.1, 0.15) is 10.4 Å². The average Bonchev–Trinajstić information content (AvgIpc) is 2.95. The Labute approximate surface area is 163 Å². The summed E-state index contributed by atoms with van der Waals surface area (Å²) in [6.07, 6.45) is 0. The van der Waals surface area contributed by atoms with Gasteiger partial charge in [-0.05, 0) is 48.0 Å². The Bertz CT molecular complexity index is 1080. The molecule has 26 heavy (non-hydrogen) atoms. The molecule has 0 bridgehead atoms. The van der Waals surface area contributed by atoms with Crippen LogP contribution in [0.15, 0.2) is 45.1 Å². The number of rotatable bonds is 5. The van der Waals surface area contributed by atoms with Crippen molar-refractivity contribution in [1.82, 2.24) is 4.98 Å². The quantitative estimate of drug-likeness (QED) is 0.579. The number of nitrogens with one attached hydrogen (secondary N) is 1. The van der Waals surface area contributed by atoms with E-state index in [1.807, 2.05) is 0 Å². The molecule has 0 aliphatic carbocycles. The number of pyridine rings is 1. The summed E-state index contributed by atoms with van der Waals surface area (Å²) < 4.78 is 34.0. The van der Waals surface area contributed by atoms with Crippen molar-refractivity contribution >= 4 is 59.2 Å². The van der Waals surface area contributed by atoms with Crippen molar-refractivity contribution in [3.8, 4) is 0 Å². The minimum Gasteiger partial charge on any atom is -0.462 e. The van der Waals surface area contributed by atoms with Gasteiger partial charge in [0.05, 0.1) is 26.7 Å². The number of anilines is 1. The van der Waals surface area contributed by atoms with Gasteiger partial charge < -0.3 is 4.74 Å². The number of ether oxygens (including phenoxy) is 1. The maximum absolute atomic E-state index is 12.8. The van der Waals surface area contributed by atoms with E-state index in [0.29, 0.717) is 15.9 Å². The van der Waals surface area contributed by atoms with Gasteiger partial charge in [-0.1, -0.05) is 18.2 Å². The predicted molar refractivity (Wildman–Crippen MR) is 105 cm³/mol. The molecule has 1 N–H and O–H groups in total. The van der Waals surface area contributed by atoms with E-state index in [0.717, 1.165) is 3.79 Å². The Morgan fingerprint density at radius 2 is 2.00 bits per heavy atom. The van der Waals surface area contributed by atoms with Crippen LogP contribution in [0.5, 0.6) is 0 Å². The fraction of sp³-hybridized carbons (Fsp3) is 0.176. The summed E-state index contributed by atoms with van der Waals surface area (Å²) in [6.45, 7) is 3.52. The summed E-state index contributed by atoms with van der Waals surface area (Å²) in [5.41, 5.74) is 0.692. The van der Waals surface area contributed by atoms with E-state index in [2.05, 4.69) is 25.6 Å². The first-order chi connectivity index (χ1) is 12.3. The highest BCUT2D eigenvalue weighted by Crippen LogP contribution is 2.37. The van der Waals surface area contributed by atoms with Gasteiger partial charge in [-0.15, -0.1) is 11.3 Å². The number of esters is 1. The van der Waals surface area contributed by atoms with Crippen molar-refractivity contribution in [2.75, 3.05) is 11.3 Å². The molecule has 1 aromatic carbocycles. The molecule has 0 aliphatic rings. The lowest BCUT2D eigenvalue weighted by molar-refractivity contribution is 0.0526. The highest BCUT2D eigenvalue weighted by Gasteiger charge is 2.25. The van der Waals surface area contributed by atoms with Crippen molar-refractivity contribution in [3.63, 3.8) is 0 Å². The third kappa shape index (κ3) is 3.60. The summed E-state index contributed by atoms with van der Waals surface area (Å²) in [7, 11) is -3.88. The number of thiophene rings is 1. The SMILES string of the molecule is CCOC(=O)c1c(C)nc2sc(Br)cc2c1NS(=O)(=O)c1ccccc1. The minimum absolute atomic E-state index is 0.103. The first-order valence-electron chi connectivity index (χ1n) is 7.68. The normalized spacial score (nSPS) is 11.5. The van der Waals surface area contributed by atoms with Crippen LogP contribution in [0.4, 0.5) is 5.69 Å². The molecule has 0 atom stereocenters. The monoisotopic (exact) mass is 454 g/mol. The molecule has 0 fully saturated rings. The molecular formula is C17H15BrN2O4S2. The number of hydrogen-bond acceptors (Lipinski definition) is 6. The molecule has 2 aromatic heterocycles. The second-order valence-corrected chi connectivity index (χ2v) is 9.45. The van der Waals surface area contributed by atoms with E-state index in [-0.39, 0.29) is 22.8 Å². The molecule has 6 nitrogen and oxygen atoms in total. The lowest BCUT2D eigenvalue weighted by atomic mass is 10.1. The van der Waals surface area contributed by atoms with E-state index >= 15 is 0 Å². The van der Waals surface area contributed by atoms with Crippen LogP contribution in [0.1, 0.15) is 23.0 Å². The summed E-state index contributed by atoms with van der Waals surface area (Å²) in [5.74, 6) is -0.618. The van der Waals surface area contributed by atoms with Crippen molar-refractivity contribution < 1.29 is 17.9 Å². The molecule has 0 amide bonds. The zero-order valence-corrected chi connectivity index (χ0v) is 17.2. The highest BCUT2D eigenvalue weighted by atomic mass is 79.9. The molecule has 3 aromatic rings. The van der Waals surface area contributed by atoms with Gasteiger partial charge in [0.25, 0.3) is 10.0 Å². The lowest BCUT2D eigenvalue weighted by Gasteiger charge is -2.15. The number of aryl methyl sites for hydroxylation is 1. The van der Waals surface area contributed by atoms with Crippen LogP contribution >= 0.6 is 27.3 Å². The van der Waals surface area contributed by atoms with Crippen molar-refractivity contribution in [1.29, 1.82) is 0 Å². The van der Waals surface area contributed by atoms with Crippen LogP contribution in [0.25, 0.3) is 10.2 Å². The third-order valence-electron chi connectivity index (χ3n) is 3.60. The van der Waals surface area contributed by atoms with Crippen LogP contribution in [0.3, 0.4) is 0 Å². The van der Waals surface area contributed by atoms with Gasteiger partial charge >= 0.3 is 5.97 Å². The topological polar surface area (TPSA) is 85.4 Å². The number of hydrogen-bond donors (Lipinski definition) is 1. The number of aromatic nitrogens is 1.